The molecule has 0 spiro atoms. The van der Waals surface area contributed by atoms with Crippen LogP contribution in [0.2, 0.25) is 0 Å². The van der Waals surface area contributed by atoms with Crippen molar-refractivity contribution < 1.29 is 13.2 Å². The van der Waals surface area contributed by atoms with E-state index in [0.29, 0.717) is 5.82 Å². The summed E-state index contributed by atoms with van der Waals surface area (Å²) in [5, 5.41) is 3.84. The van der Waals surface area contributed by atoms with Crippen LogP contribution in [-0.2, 0) is 6.54 Å². The summed E-state index contributed by atoms with van der Waals surface area (Å²) in [5.41, 5.74) is 2.04. The van der Waals surface area contributed by atoms with Gasteiger partial charge in [-0.1, -0.05) is 0 Å². The van der Waals surface area contributed by atoms with Crippen LogP contribution in [0, 0.1) is 6.92 Å². The number of hydrogen-bond acceptors (Lipinski definition) is 3. The molecule has 1 aromatic heterocycles. The van der Waals surface area contributed by atoms with Crippen LogP contribution in [0.4, 0.5) is 19.0 Å². The summed E-state index contributed by atoms with van der Waals surface area (Å²) in [6, 6.07) is 0. The highest BCUT2D eigenvalue weighted by Crippen LogP contribution is 2.29. The molecule has 3 nitrogen and oxygen atoms in total. The fourth-order valence-corrected chi connectivity index (χ4v) is 1.42. The van der Waals surface area contributed by atoms with E-state index < -0.39 is 5.51 Å². The Morgan fingerprint density at radius 1 is 1.57 bits per heavy atom. The van der Waals surface area contributed by atoms with E-state index in [9.17, 15) is 13.2 Å². The second-order valence-electron chi connectivity index (χ2n) is 2.75. The average Bonchev–Trinajstić information content (AvgIpc) is 2.28. The number of nitrogens with two attached hydrogens (primary N) is 1. The number of nitrogens with zero attached hydrogens (tertiary/aromatic N) is 2. The lowest BCUT2D eigenvalue weighted by Gasteiger charge is -2.04. The van der Waals surface area contributed by atoms with Crippen molar-refractivity contribution in [1.29, 1.82) is 0 Å². The molecule has 0 amide bonds. The lowest BCUT2D eigenvalue weighted by atomic mass is 10.4. The first-order chi connectivity index (χ1) is 6.38. The van der Waals surface area contributed by atoms with Crippen molar-refractivity contribution in [2.24, 2.45) is 0 Å². The fraction of sp³-hybridized carbons (Fsp3) is 0.571. The van der Waals surface area contributed by atoms with Crippen LogP contribution in [0.5, 0.6) is 0 Å². The number of nitrogen functional groups attached to an aromatic ring is 1. The summed E-state index contributed by atoms with van der Waals surface area (Å²) in [4.78, 5) is 0. The third-order valence-corrected chi connectivity index (χ3v) is 2.28. The molecule has 0 fully saturated rings. The summed E-state index contributed by atoms with van der Waals surface area (Å²) in [6.07, 6.45) is 1.63. The van der Waals surface area contributed by atoms with E-state index in [4.69, 9.17) is 5.73 Å². The van der Waals surface area contributed by atoms with E-state index in [-0.39, 0.29) is 24.1 Å². The molecule has 80 valence electrons. The Morgan fingerprint density at radius 2 is 2.21 bits per heavy atom. The first-order valence-electron chi connectivity index (χ1n) is 3.89. The van der Waals surface area contributed by atoms with E-state index in [1.165, 1.54) is 4.68 Å². The van der Waals surface area contributed by atoms with Gasteiger partial charge in [-0.05, 0) is 18.7 Å². The Labute approximate surface area is 83.5 Å². The Hall–Kier alpha value is -0.850. The summed E-state index contributed by atoms with van der Waals surface area (Å²) >= 11 is -0.0581. The van der Waals surface area contributed by atoms with E-state index in [1.807, 2.05) is 0 Å². The molecule has 0 aliphatic rings. The number of rotatable bonds is 3. The summed E-state index contributed by atoms with van der Waals surface area (Å²) < 4.78 is 36.7. The van der Waals surface area contributed by atoms with Crippen molar-refractivity contribution in [2.45, 2.75) is 19.0 Å². The highest BCUT2D eigenvalue weighted by Gasteiger charge is 2.27. The molecule has 7 heteroatoms. The number of thioether (sulfide) groups is 1. The number of hydrogen-bond donors (Lipinski definition) is 1. The van der Waals surface area contributed by atoms with Crippen LogP contribution in [0.15, 0.2) is 6.20 Å². The highest BCUT2D eigenvalue weighted by atomic mass is 32.2. The maximum atomic E-state index is 11.8. The fourth-order valence-electron chi connectivity index (χ4n) is 0.905. The molecule has 0 unspecified atom stereocenters. The normalized spacial score (nSPS) is 12.0. The number of anilines is 1. The van der Waals surface area contributed by atoms with E-state index in [0.717, 1.165) is 5.56 Å². The van der Waals surface area contributed by atoms with Gasteiger partial charge < -0.3 is 5.73 Å². The van der Waals surface area contributed by atoms with Gasteiger partial charge in [0.15, 0.2) is 0 Å². The van der Waals surface area contributed by atoms with Crippen LogP contribution in [0.3, 0.4) is 0 Å². The zero-order valence-corrected chi connectivity index (χ0v) is 8.32. The molecule has 1 heterocycles. The Morgan fingerprint density at radius 3 is 2.64 bits per heavy atom. The molecule has 0 radical (unpaired) electrons. The summed E-state index contributed by atoms with van der Waals surface area (Å²) in [7, 11) is 0. The molecule has 0 aliphatic heterocycles. The minimum atomic E-state index is -4.17. The average molecular weight is 225 g/mol. The molecule has 0 saturated heterocycles. The highest BCUT2D eigenvalue weighted by molar-refractivity contribution is 8.00. The van der Waals surface area contributed by atoms with Gasteiger partial charge >= 0.3 is 5.51 Å². The molecule has 1 aromatic rings. The van der Waals surface area contributed by atoms with Gasteiger partial charge in [-0.25, -0.2) is 0 Å². The van der Waals surface area contributed by atoms with Crippen molar-refractivity contribution in [2.75, 3.05) is 11.5 Å². The van der Waals surface area contributed by atoms with Crippen molar-refractivity contribution >= 4 is 17.6 Å². The monoisotopic (exact) mass is 225 g/mol. The second kappa shape index (κ2) is 4.12. The van der Waals surface area contributed by atoms with Crippen LogP contribution in [0.1, 0.15) is 5.56 Å². The smallest absolute Gasteiger partial charge is 0.382 e. The predicted molar refractivity (Wildman–Crippen MR) is 49.9 cm³/mol. The number of aryl methyl sites for hydroxylation is 2. The van der Waals surface area contributed by atoms with Crippen molar-refractivity contribution in [3.8, 4) is 0 Å². The Bertz CT molecular complexity index is 288. The summed E-state index contributed by atoms with van der Waals surface area (Å²) in [6.45, 7) is 1.97. The zero-order chi connectivity index (χ0) is 10.8. The first kappa shape index (κ1) is 11.2. The van der Waals surface area contributed by atoms with Crippen LogP contribution >= 0.6 is 11.8 Å². The van der Waals surface area contributed by atoms with Gasteiger partial charge in [-0.3, -0.25) is 4.68 Å². The minimum Gasteiger partial charge on any atom is -0.382 e. The Kier molecular flexibility index (Phi) is 3.30. The first-order valence-corrected chi connectivity index (χ1v) is 4.87. The van der Waals surface area contributed by atoms with E-state index >= 15 is 0 Å². The van der Waals surface area contributed by atoms with Gasteiger partial charge in [0.1, 0.15) is 5.82 Å². The van der Waals surface area contributed by atoms with Gasteiger partial charge in [-0.2, -0.15) is 18.3 Å². The predicted octanol–water partition coefficient (Wildman–Crippen LogP) is 2.03. The largest absolute Gasteiger partial charge is 0.441 e. The third-order valence-electron chi connectivity index (χ3n) is 1.57. The number of halogens is 3. The van der Waals surface area contributed by atoms with Crippen molar-refractivity contribution in [1.82, 2.24) is 9.78 Å². The lowest BCUT2D eigenvalue weighted by molar-refractivity contribution is -0.0328. The number of alkyl halides is 3. The topological polar surface area (TPSA) is 43.8 Å². The van der Waals surface area contributed by atoms with Gasteiger partial charge in [0.05, 0.1) is 6.54 Å². The molecule has 0 atom stereocenters. The molecule has 0 saturated carbocycles. The van der Waals surface area contributed by atoms with Crippen LogP contribution in [0.25, 0.3) is 0 Å². The maximum Gasteiger partial charge on any atom is 0.441 e. The Balaban J connectivity index is 2.39. The molecule has 14 heavy (non-hydrogen) atoms. The lowest BCUT2D eigenvalue weighted by Crippen LogP contribution is -2.07. The number of aromatic nitrogens is 2. The van der Waals surface area contributed by atoms with Crippen LogP contribution in [-0.4, -0.2) is 21.0 Å². The zero-order valence-electron chi connectivity index (χ0n) is 7.51. The van der Waals surface area contributed by atoms with Gasteiger partial charge in [0.2, 0.25) is 0 Å². The van der Waals surface area contributed by atoms with Gasteiger partial charge in [0.25, 0.3) is 0 Å². The molecule has 1 rings (SSSR count). The van der Waals surface area contributed by atoms with Crippen molar-refractivity contribution in [3.05, 3.63) is 11.8 Å². The standard InChI is InChI=1S/C7H10F3N3S/c1-5-4-13(12-6(5)11)2-3-14-7(8,9)10/h4H,2-3H2,1H3,(H2,11,12). The van der Waals surface area contributed by atoms with E-state index in [2.05, 4.69) is 5.10 Å². The molecule has 0 aliphatic carbocycles. The molecule has 0 aromatic carbocycles. The quantitative estimate of drug-likeness (QED) is 0.855. The third kappa shape index (κ3) is 3.49. The van der Waals surface area contributed by atoms with E-state index in [1.54, 1.807) is 13.1 Å². The molecule has 0 bridgehead atoms. The minimum absolute atomic E-state index is 0.0515. The van der Waals surface area contributed by atoms with Crippen LogP contribution < -0.4 is 5.73 Å². The molecular formula is C7H10F3N3S. The van der Waals surface area contributed by atoms with Crippen molar-refractivity contribution in [3.63, 3.8) is 0 Å². The van der Waals surface area contributed by atoms with Gasteiger partial charge in [0, 0.05) is 17.5 Å². The summed E-state index contributed by atoms with van der Waals surface area (Å²) in [5.74, 6) is 0.311. The second-order valence-corrected chi connectivity index (χ2v) is 3.91. The SMILES string of the molecule is Cc1cn(CCSC(F)(F)F)nc1N. The molecular weight excluding hydrogens is 215 g/mol. The van der Waals surface area contributed by atoms with Gasteiger partial charge in [-0.15, -0.1) is 0 Å². The molecule has 2 N–H and O–H groups in total. The maximum absolute atomic E-state index is 11.8.